The molecule has 0 radical (unpaired) electrons. The van der Waals surface area contributed by atoms with Crippen molar-refractivity contribution in [2.45, 2.75) is 84.8 Å². The van der Waals surface area contributed by atoms with Crippen LogP contribution >= 0.6 is 0 Å². The number of ether oxygens (including phenoxy) is 1. The van der Waals surface area contributed by atoms with Gasteiger partial charge in [-0.25, -0.2) is 8.78 Å². The minimum absolute atomic E-state index is 0.0257. The van der Waals surface area contributed by atoms with Crippen molar-refractivity contribution in [3.05, 3.63) is 0 Å². The Kier molecular flexibility index (Phi) is 6.19. The van der Waals surface area contributed by atoms with Crippen molar-refractivity contribution < 1.29 is 13.5 Å². The maximum absolute atomic E-state index is 12.6. The van der Waals surface area contributed by atoms with Gasteiger partial charge in [0.25, 0.3) is 6.43 Å². The normalized spacial score (nSPS) is 28.1. The lowest BCUT2D eigenvalue weighted by Crippen LogP contribution is -2.52. The van der Waals surface area contributed by atoms with Gasteiger partial charge in [0.1, 0.15) is 6.61 Å². The fourth-order valence-corrected chi connectivity index (χ4v) is 3.05. The summed E-state index contributed by atoms with van der Waals surface area (Å²) in [6, 6.07) is 0. The quantitative estimate of drug-likeness (QED) is 0.799. The Bertz CT molecular complexity index is 310. The van der Waals surface area contributed by atoms with Crippen LogP contribution in [0.4, 0.5) is 8.78 Å². The zero-order valence-electron chi connectivity index (χ0n) is 14.6. The van der Waals surface area contributed by atoms with Gasteiger partial charge in [-0.15, -0.1) is 0 Å². The summed E-state index contributed by atoms with van der Waals surface area (Å²) in [6.07, 6.45) is 1.45. The third kappa shape index (κ3) is 6.60. The van der Waals surface area contributed by atoms with E-state index >= 15 is 0 Å². The molecule has 0 spiro atoms. The van der Waals surface area contributed by atoms with E-state index in [1.54, 1.807) is 0 Å². The van der Waals surface area contributed by atoms with E-state index in [4.69, 9.17) is 4.74 Å². The minimum atomic E-state index is -2.39. The monoisotopic (exact) mass is 305 g/mol. The van der Waals surface area contributed by atoms with Crippen LogP contribution in [0, 0.1) is 11.3 Å². The van der Waals surface area contributed by atoms with E-state index in [2.05, 4.69) is 46.9 Å². The molecule has 0 heterocycles. The zero-order chi connectivity index (χ0) is 16.3. The van der Waals surface area contributed by atoms with E-state index in [1.807, 2.05) is 0 Å². The van der Waals surface area contributed by atoms with Gasteiger partial charge in [0, 0.05) is 12.1 Å². The largest absolute Gasteiger partial charge is 0.368 e. The second kappa shape index (κ2) is 6.91. The molecule has 0 unspecified atom stereocenters. The van der Waals surface area contributed by atoms with E-state index < -0.39 is 18.6 Å². The summed E-state index contributed by atoms with van der Waals surface area (Å²) >= 11 is 0. The van der Waals surface area contributed by atoms with Gasteiger partial charge in [-0.1, -0.05) is 20.8 Å². The number of hydrogen-bond donors (Lipinski definition) is 1. The number of nitrogens with one attached hydrogen (secondary N) is 1. The van der Waals surface area contributed by atoms with Crippen molar-refractivity contribution in [2.75, 3.05) is 13.2 Å². The molecule has 21 heavy (non-hydrogen) atoms. The van der Waals surface area contributed by atoms with Crippen LogP contribution in [0.3, 0.4) is 0 Å². The molecule has 1 N–H and O–H groups in total. The van der Waals surface area contributed by atoms with Crippen LogP contribution in [0.2, 0.25) is 0 Å². The Morgan fingerprint density at radius 2 is 1.62 bits per heavy atom. The molecule has 0 amide bonds. The molecule has 0 aliphatic heterocycles. The first-order valence-electron chi connectivity index (χ1n) is 8.11. The average Bonchev–Trinajstić information content (AvgIpc) is 2.33. The lowest BCUT2D eigenvalue weighted by Gasteiger charge is -2.45. The zero-order valence-corrected chi connectivity index (χ0v) is 14.6. The highest BCUT2D eigenvalue weighted by molar-refractivity contribution is 4.93. The third-order valence-corrected chi connectivity index (χ3v) is 4.58. The molecule has 4 heteroatoms. The Morgan fingerprint density at radius 3 is 2.00 bits per heavy atom. The van der Waals surface area contributed by atoms with Crippen LogP contribution < -0.4 is 5.32 Å². The van der Waals surface area contributed by atoms with Crippen LogP contribution in [0.15, 0.2) is 0 Å². The Labute approximate surface area is 129 Å². The van der Waals surface area contributed by atoms with E-state index in [1.165, 1.54) is 0 Å². The third-order valence-electron chi connectivity index (χ3n) is 4.58. The summed E-state index contributed by atoms with van der Waals surface area (Å²) in [6.45, 7) is 13.3. The predicted octanol–water partition coefficient (Wildman–Crippen LogP) is 4.63. The lowest BCUT2D eigenvalue weighted by atomic mass is 9.68. The van der Waals surface area contributed by atoms with Gasteiger partial charge in [-0.3, -0.25) is 0 Å². The van der Waals surface area contributed by atoms with Crippen molar-refractivity contribution in [1.29, 1.82) is 0 Å². The summed E-state index contributed by atoms with van der Waals surface area (Å²) in [5.41, 5.74) is -0.167. The summed E-state index contributed by atoms with van der Waals surface area (Å²) < 4.78 is 30.8. The van der Waals surface area contributed by atoms with E-state index in [9.17, 15) is 8.78 Å². The van der Waals surface area contributed by atoms with Gasteiger partial charge in [0.15, 0.2) is 0 Å². The molecule has 1 aliphatic carbocycles. The molecular weight excluding hydrogens is 272 g/mol. The SMILES string of the molecule is CC(C)(C)NCC1(OCC(F)F)CCC(C(C)(C)C)CC1. The van der Waals surface area contributed by atoms with E-state index in [0.717, 1.165) is 25.7 Å². The minimum Gasteiger partial charge on any atom is -0.368 e. The van der Waals surface area contributed by atoms with Crippen LogP contribution in [0.25, 0.3) is 0 Å². The standard InChI is InChI=1S/C17H33F2NO/c1-15(2,3)13-7-9-17(10-8-13,21-11-14(18)19)12-20-16(4,5)6/h13-14,20H,7-12H2,1-6H3. The molecule has 0 saturated heterocycles. The summed E-state index contributed by atoms with van der Waals surface area (Å²) in [7, 11) is 0. The molecule has 1 fully saturated rings. The van der Waals surface area contributed by atoms with Crippen molar-refractivity contribution in [1.82, 2.24) is 5.32 Å². The van der Waals surface area contributed by atoms with Crippen molar-refractivity contribution in [2.24, 2.45) is 11.3 Å². The van der Waals surface area contributed by atoms with E-state index in [0.29, 0.717) is 12.5 Å². The number of halogens is 2. The Morgan fingerprint density at radius 1 is 1.10 bits per heavy atom. The maximum atomic E-state index is 12.6. The highest BCUT2D eigenvalue weighted by atomic mass is 19.3. The molecule has 0 atom stereocenters. The fraction of sp³-hybridized carbons (Fsp3) is 1.00. The maximum Gasteiger partial charge on any atom is 0.261 e. The lowest BCUT2D eigenvalue weighted by molar-refractivity contribution is -0.117. The summed E-state index contributed by atoms with van der Waals surface area (Å²) in [5.74, 6) is 0.649. The van der Waals surface area contributed by atoms with Gasteiger partial charge in [-0.05, 0) is 57.8 Å². The molecule has 1 saturated carbocycles. The molecular formula is C17H33F2NO. The van der Waals surface area contributed by atoms with Gasteiger partial charge in [-0.2, -0.15) is 0 Å². The highest BCUT2D eigenvalue weighted by Crippen LogP contribution is 2.42. The van der Waals surface area contributed by atoms with Gasteiger partial charge in [0.2, 0.25) is 0 Å². The Hall–Kier alpha value is -0.220. The molecule has 2 nitrogen and oxygen atoms in total. The van der Waals surface area contributed by atoms with Crippen LogP contribution in [0.1, 0.15) is 67.2 Å². The molecule has 1 aliphatic rings. The van der Waals surface area contributed by atoms with Crippen molar-refractivity contribution in [3.63, 3.8) is 0 Å². The molecule has 0 aromatic rings. The fourth-order valence-electron chi connectivity index (χ4n) is 3.05. The summed E-state index contributed by atoms with van der Waals surface area (Å²) in [4.78, 5) is 0. The van der Waals surface area contributed by atoms with Gasteiger partial charge >= 0.3 is 0 Å². The number of rotatable bonds is 5. The molecule has 0 aromatic heterocycles. The second-order valence-electron chi connectivity index (χ2n) is 8.63. The molecule has 126 valence electrons. The molecule has 0 bridgehead atoms. The molecule has 1 rings (SSSR count). The topological polar surface area (TPSA) is 21.3 Å². The van der Waals surface area contributed by atoms with Crippen molar-refractivity contribution in [3.8, 4) is 0 Å². The van der Waals surface area contributed by atoms with Crippen LogP contribution in [-0.4, -0.2) is 30.7 Å². The predicted molar refractivity (Wildman–Crippen MR) is 83.9 cm³/mol. The van der Waals surface area contributed by atoms with Crippen LogP contribution in [-0.2, 0) is 4.74 Å². The number of alkyl halides is 2. The van der Waals surface area contributed by atoms with Gasteiger partial charge < -0.3 is 10.1 Å². The smallest absolute Gasteiger partial charge is 0.261 e. The highest BCUT2D eigenvalue weighted by Gasteiger charge is 2.40. The first-order valence-corrected chi connectivity index (χ1v) is 8.11. The molecule has 0 aromatic carbocycles. The van der Waals surface area contributed by atoms with Gasteiger partial charge in [0.05, 0.1) is 5.60 Å². The first-order chi connectivity index (χ1) is 9.44. The van der Waals surface area contributed by atoms with Crippen LogP contribution in [0.5, 0.6) is 0 Å². The number of hydrogen-bond acceptors (Lipinski definition) is 2. The second-order valence-corrected chi connectivity index (χ2v) is 8.63. The van der Waals surface area contributed by atoms with E-state index in [-0.39, 0.29) is 11.0 Å². The van der Waals surface area contributed by atoms with Crippen molar-refractivity contribution >= 4 is 0 Å². The summed E-state index contributed by atoms with van der Waals surface area (Å²) in [5, 5.41) is 3.44. The average molecular weight is 305 g/mol. The first kappa shape index (κ1) is 18.8. The Balaban J connectivity index is 2.67.